The van der Waals surface area contributed by atoms with Crippen LogP contribution in [0.5, 0.6) is 0 Å². The van der Waals surface area contributed by atoms with E-state index in [1.165, 1.54) is 38.2 Å². The zero-order valence-corrected chi connectivity index (χ0v) is 19.1. The fourth-order valence-corrected chi connectivity index (χ4v) is 5.12. The second-order valence-corrected chi connectivity index (χ2v) is 8.58. The molecule has 1 heteroatoms. The van der Waals surface area contributed by atoms with Crippen LogP contribution in [0, 0.1) is 6.92 Å². The number of aryl methyl sites for hydroxylation is 1. The lowest BCUT2D eigenvalue weighted by molar-refractivity contribution is 0.577. The SMILES string of the molecule is C=C/C=C\c1c(C)oc2cc(-c3c4ccccc4c(-c4ccccc4)c4ccccc34)ccc12. The summed E-state index contributed by atoms with van der Waals surface area (Å²) < 4.78 is 6.19. The Morgan fingerprint density at radius 1 is 0.618 bits per heavy atom. The zero-order valence-electron chi connectivity index (χ0n) is 19.1. The number of allylic oxidation sites excluding steroid dienone is 2. The normalized spacial score (nSPS) is 11.7. The van der Waals surface area contributed by atoms with Crippen molar-refractivity contribution in [1.29, 1.82) is 0 Å². The Balaban J connectivity index is 1.70. The Bertz CT molecular complexity index is 1660. The molecule has 0 fully saturated rings. The van der Waals surface area contributed by atoms with Crippen molar-refractivity contribution in [1.82, 2.24) is 0 Å². The van der Waals surface area contributed by atoms with Crippen molar-refractivity contribution >= 4 is 38.6 Å². The average Bonchev–Trinajstić information content (AvgIpc) is 3.20. The number of hydrogen-bond acceptors (Lipinski definition) is 1. The molecule has 6 rings (SSSR count). The van der Waals surface area contributed by atoms with Crippen LogP contribution in [-0.2, 0) is 0 Å². The number of hydrogen-bond donors (Lipinski definition) is 0. The van der Waals surface area contributed by atoms with E-state index >= 15 is 0 Å². The Kier molecular flexibility index (Phi) is 4.89. The van der Waals surface area contributed by atoms with Gasteiger partial charge in [0.2, 0.25) is 0 Å². The molecule has 0 atom stereocenters. The summed E-state index contributed by atoms with van der Waals surface area (Å²) in [7, 11) is 0. The highest BCUT2D eigenvalue weighted by molar-refractivity contribution is 6.21. The summed E-state index contributed by atoms with van der Waals surface area (Å²) in [6.07, 6.45) is 5.81. The highest BCUT2D eigenvalue weighted by atomic mass is 16.3. The van der Waals surface area contributed by atoms with E-state index in [0.717, 1.165) is 27.9 Å². The maximum atomic E-state index is 6.19. The summed E-state index contributed by atoms with van der Waals surface area (Å²) in [5.41, 5.74) is 6.92. The Labute approximate surface area is 199 Å². The molecule has 0 aliphatic rings. The quantitative estimate of drug-likeness (QED) is 0.198. The zero-order chi connectivity index (χ0) is 23.1. The molecule has 1 nitrogen and oxygen atoms in total. The molecule has 1 heterocycles. The molecule has 0 aliphatic heterocycles. The average molecular weight is 437 g/mol. The standard InChI is InChI=1S/C33H24O/c1-3-4-14-25-22(2)34-31-21-24(19-20-26(25)31)33-29-17-10-8-15-27(29)32(23-12-6-5-7-13-23)28-16-9-11-18-30(28)33/h3-21H,1H2,2H3/b14-4-. The lowest BCUT2D eigenvalue weighted by Gasteiger charge is -2.17. The molecule has 0 bridgehead atoms. The Hall–Kier alpha value is -4.36. The predicted octanol–water partition coefficient (Wildman–Crippen LogP) is 9.58. The third-order valence-corrected chi connectivity index (χ3v) is 6.60. The van der Waals surface area contributed by atoms with Crippen LogP contribution in [-0.4, -0.2) is 0 Å². The smallest absolute Gasteiger partial charge is 0.135 e. The molecule has 0 unspecified atom stereocenters. The molecule has 0 saturated carbocycles. The van der Waals surface area contributed by atoms with Crippen molar-refractivity contribution in [2.45, 2.75) is 6.92 Å². The first kappa shape index (κ1) is 20.3. The van der Waals surface area contributed by atoms with Crippen molar-refractivity contribution in [3.05, 3.63) is 127 Å². The van der Waals surface area contributed by atoms with Gasteiger partial charge < -0.3 is 4.42 Å². The van der Waals surface area contributed by atoms with Gasteiger partial charge in [0, 0.05) is 10.9 Å². The van der Waals surface area contributed by atoms with Crippen LogP contribution in [0.3, 0.4) is 0 Å². The Morgan fingerprint density at radius 3 is 1.76 bits per heavy atom. The number of furan rings is 1. The maximum Gasteiger partial charge on any atom is 0.135 e. The van der Waals surface area contributed by atoms with Gasteiger partial charge in [0.05, 0.1) is 0 Å². The first-order valence-corrected chi connectivity index (χ1v) is 11.6. The van der Waals surface area contributed by atoms with E-state index in [9.17, 15) is 0 Å². The van der Waals surface area contributed by atoms with Crippen LogP contribution in [0.25, 0.3) is 60.8 Å². The van der Waals surface area contributed by atoms with E-state index in [1.54, 1.807) is 6.08 Å². The molecule has 0 N–H and O–H groups in total. The summed E-state index contributed by atoms with van der Waals surface area (Å²) in [6.45, 7) is 5.81. The van der Waals surface area contributed by atoms with Gasteiger partial charge in [-0.15, -0.1) is 0 Å². The van der Waals surface area contributed by atoms with E-state index in [0.29, 0.717) is 0 Å². The molecular weight excluding hydrogens is 412 g/mol. The topological polar surface area (TPSA) is 13.1 Å². The van der Waals surface area contributed by atoms with E-state index < -0.39 is 0 Å². The molecular formula is C33H24O. The van der Waals surface area contributed by atoms with Crippen molar-refractivity contribution in [2.24, 2.45) is 0 Å². The third-order valence-electron chi connectivity index (χ3n) is 6.60. The minimum atomic E-state index is 0.902. The van der Waals surface area contributed by atoms with Gasteiger partial charge in [-0.3, -0.25) is 0 Å². The first-order valence-electron chi connectivity index (χ1n) is 11.6. The molecule has 5 aromatic carbocycles. The molecule has 162 valence electrons. The minimum absolute atomic E-state index is 0.902. The molecule has 0 aliphatic carbocycles. The fourth-order valence-electron chi connectivity index (χ4n) is 5.12. The van der Waals surface area contributed by atoms with Crippen molar-refractivity contribution < 1.29 is 4.42 Å². The van der Waals surface area contributed by atoms with Crippen LogP contribution in [0.4, 0.5) is 0 Å². The van der Waals surface area contributed by atoms with Gasteiger partial charge in [-0.2, -0.15) is 0 Å². The second kappa shape index (κ2) is 8.20. The molecule has 6 aromatic rings. The molecule has 0 spiro atoms. The number of rotatable bonds is 4. The lowest BCUT2D eigenvalue weighted by atomic mass is 9.86. The molecule has 1 aromatic heterocycles. The highest BCUT2D eigenvalue weighted by Gasteiger charge is 2.17. The van der Waals surface area contributed by atoms with Gasteiger partial charge >= 0.3 is 0 Å². The minimum Gasteiger partial charge on any atom is -0.461 e. The summed E-state index contributed by atoms with van der Waals surface area (Å²) in [5.74, 6) is 0.916. The predicted molar refractivity (Wildman–Crippen MR) is 146 cm³/mol. The van der Waals surface area contributed by atoms with E-state index in [-0.39, 0.29) is 0 Å². The Morgan fingerprint density at radius 2 is 1.18 bits per heavy atom. The van der Waals surface area contributed by atoms with Crippen molar-refractivity contribution in [3.8, 4) is 22.3 Å². The van der Waals surface area contributed by atoms with Crippen LogP contribution in [0.1, 0.15) is 11.3 Å². The summed E-state index contributed by atoms with van der Waals surface area (Å²) >= 11 is 0. The fraction of sp³-hybridized carbons (Fsp3) is 0.0303. The monoisotopic (exact) mass is 436 g/mol. The van der Waals surface area contributed by atoms with Gasteiger partial charge in [0.1, 0.15) is 11.3 Å². The van der Waals surface area contributed by atoms with E-state index in [4.69, 9.17) is 4.42 Å². The van der Waals surface area contributed by atoms with Crippen LogP contribution >= 0.6 is 0 Å². The van der Waals surface area contributed by atoms with Crippen LogP contribution in [0.15, 0.2) is 120 Å². The third kappa shape index (κ3) is 3.17. The largest absolute Gasteiger partial charge is 0.461 e. The molecule has 0 saturated heterocycles. The maximum absolute atomic E-state index is 6.19. The van der Waals surface area contributed by atoms with Crippen LogP contribution in [0.2, 0.25) is 0 Å². The lowest BCUT2D eigenvalue weighted by Crippen LogP contribution is -1.90. The molecule has 0 radical (unpaired) electrons. The van der Waals surface area contributed by atoms with Gasteiger partial charge in [-0.25, -0.2) is 0 Å². The van der Waals surface area contributed by atoms with Gasteiger partial charge in [-0.1, -0.05) is 110 Å². The first-order chi connectivity index (χ1) is 16.8. The van der Waals surface area contributed by atoms with Gasteiger partial charge in [0.15, 0.2) is 0 Å². The number of benzene rings is 5. The summed E-state index contributed by atoms with van der Waals surface area (Å²) in [5, 5.41) is 6.12. The van der Waals surface area contributed by atoms with Crippen molar-refractivity contribution in [2.75, 3.05) is 0 Å². The van der Waals surface area contributed by atoms with E-state index in [2.05, 4.69) is 110 Å². The molecule has 34 heavy (non-hydrogen) atoms. The summed E-state index contributed by atoms with van der Waals surface area (Å²) in [6, 6.07) is 34.7. The highest BCUT2D eigenvalue weighted by Crippen LogP contribution is 2.44. The summed E-state index contributed by atoms with van der Waals surface area (Å²) in [4.78, 5) is 0. The van der Waals surface area contributed by atoms with Gasteiger partial charge in [0.25, 0.3) is 0 Å². The van der Waals surface area contributed by atoms with E-state index in [1.807, 2.05) is 13.0 Å². The number of fused-ring (bicyclic) bond motifs is 3. The molecule has 0 amide bonds. The van der Waals surface area contributed by atoms with Crippen LogP contribution < -0.4 is 0 Å². The van der Waals surface area contributed by atoms with Gasteiger partial charge in [-0.05, 0) is 62.9 Å². The van der Waals surface area contributed by atoms with Crippen molar-refractivity contribution in [3.63, 3.8) is 0 Å². The second-order valence-electron chi connectivity index (χ2n) is 8.58.